The zero-order valence-electron chi connectivity index (χ0n) is 27.4. The van der Waals surface area contributed by atoms with E-state index >= 15 is 0 Å². The first kappa shape index (κ1) is 37.3. The van der Waals surface area contributed by atoms with E-state index in [0.29, 0.717) is 22.4 Å². The summed E-state index contributed by atoms with van der Waals surface area (Å²) in [6.45, 7) is -0.770. The molecule has 0 aromatic heterocycles. The molecule has 2 aliphatic heterocycles. The van der Waals surface area contributed by atoms with Crippen molar-refractivity contribution in [2.75, 3.05) is 17.3 Å². The van der Waals surface area contributed by atoms with E-state index in [-0.39, 0.29) is 35.8 Å². The van der Waals surface area contributed by atoms with Crippen LogP contribution in [0.25, 0.3) is 11.1 Å². The molecule has 8 atom stereocenters. The van der Waals surface area contributed by atoms with Crippen molar-refractivity contribution < 1.29 is 61.6 Å². The number of nitrogens with zero attached hydrogens (tertiary/aromatic N) is 1. The average molecular weight is 742 g/mol. The van der Waals surface area contributed by atoms with Crippen LogP contribution in [0.5, 0.6) is 11.5 Å². The van der Waals surface area contributed by atoms with Gasteiger partial charge < -0.3 is 44.5 Å². The molecule has 12 nitrogen and oxygen atoms in total. The van der Waals surface area contributed by atoms with Gasteiger partial charge in [-0.15, -0.1) is 0 Å². The normalized spacial score (nSPS) is 25.4. The third-order valence-corrected chi connectivity index (χ3v) is 10.6. The van der Waals surface area contributed by atoms with Crippen molar-refractivity contribution in [2.24, 2.45) is 5.92 Å². The molecule has 2 aliphatic rings. The van der Waals surface area contributed by atoms with Crippen LogP contribution in [0, 0.1) is 17.6 Å². The Kier molecular flexibility index (Phi) is 10.9. The predicted octanol–water partition coefficient (Wildman–Crippen LogP) is 3.11. The number of ether oxygens (including phenoxy) is 1. The molecular formula is C37H37F2NO11S. The fourth-order valence-corrected chi connectivity index (χ4v) is 7.80. The minimum Gasteiger partial charge on any atom is -0.508 e. The van der Waals surface area contributed by atoms with E-state index in [1.165, 1.54) is 71.6 Å². The maximum atomic E-state index is 13.9. The van der Waals surface area contributed by atoms with E-state index in [0.717, 1.165) is 0 Å². The Morgan fingerprint density at radius 1 is 0.808 bits per heavy atom. The Balaban J connectivity index is 1.37. The van der Waals surface area contributed by atoms with Gasteiger partial charge in [-0.05, 0) is 84.1 Å². The number of carbonyl (C=O) groups is 1. The first-order valence-corrected chi connectivity index (χ1v) is 18.0. The molecule has 276 valence electrons. The van der Waals surface area contributed by atoms with Crippen LogP contribution in [-0.2, 0) is 19.6 Å². The first-order chi connectivity index (χ1) is 24.8. The summed E-state index contributed by atoms with van der Waals surface area (Å²) < 4.78 is 65.9. The van der Waals surface area contributed by atoms with Gasteiger partial charge in [0.2, 0.25) is 5.91 Å². The summed E-state index contributed by atoms with van der Waals surface area (Å²) in [7, 11) is -4.69. The van der Waals surface area contributed by atoms with E-state index in [1.807, 2.05) is 0 Å². The van der Waals surface area contributed by atoms with Gasteiger partial charge in [0.15, 0.2) is 0 Å². The van der Waals surface area contributed by atoms with Crippen LogP contribution in [0.15, 0.2) is 91.0 Å². The number of benzene rings is 4. The largest absolute Gasteiger partial charge is 0.508 e. The number of phenols is 1. The van der Waals surface area contributed by atoms with Crippen molar-refractivity contribution in [1.29, 1.82) is 0 Å². The summed E-state index contributed by atoms with van der Waals surface area (Å²) in [4.78, 5) is 15.1. The third kappa shape index (κ3) is 7.80. The van der Waals surface area contributed by atoms with Crippen LogP contribution in [0.3, 0.4) is 0 Å². The second-order valence-corrected chi connectivity index (χ2v) is 14.5. The molecule has 1 amide bonds. The van der Waals surface area contributed by atoms with Crippen LogP contribution in [0.1, 0.15) is 36.1 Å². The number of aromatic hydroxyl groups is 1. The molecule has 4 aromatic rings. The summed E-state index contributed by atoms with van der Waals surface area (Å²) >= 11 is 0. The first-order valence-electron chi connectivity index (χ1n) is 16.4. The number of phenolic OH excluding ortho intramolecular Hbond substituents is 1. The number of halogens is 2. The van der Waals surface area contributed by atoms with Crippen LogP contribution in [0.4, 0.5) is 14.5 Å². The van der Waals surface area contributed by atoms with Crippen molar-refractivity contribution in [3.63, 3.8) is 0 Å². The molecule has 52 heavy (non-hydrogen) atoms. The van der Waals surface area contributed by atoms with E-state index in [9.17, 15) is 52.6 Å². The molecule has 0 bridgehead atoms. The van der Waals surface area contributed by atoms with E-state index in [4.69, 9.17) is 8.92 Å². The highest BCUT2D eigenvalue weighted by Gasteiger charge is 2.50. The van der Waals surface area contributed by atoms with Crippen LogP contribution < -0.4 is 9.08 Å². The molecule has 0 spiro atoms. The maximum absolute atomic E-state index is 13.9. The van der Waals surface area contributed by atoms with Gasteiger partial charge in [0, 0.05) is 11.3 Å². The quantitative estimate of drug-likeness (QED) is 0.0923. The van der Waals surface area contributed by atoms with Crippen LogP contribution in [0.2, 0.25) is 0 Å². The van der Waals surface area contributed by atoms with Gasteiger partial charge in [-0.1, -0.05) is 36.4 Å². The number of β-lactam (4-membered cyclic amide) rings is 1. The van der Waals surface area contributed by atoms with Crippen LogP contribution in [-0.4, -0.2) is 87.8 Å². The minimum atomic E-state index is -4.69. The predicted molar refractivity (Wildman–Crippen MR) is 182 cm³/mol. The lowest BCUT2D eigenvalue weighted by molar-refractivity contribution is -0.223. The Bertz CT molecular complexity index is 1980. The number of aliphatic hydroxyl groups excluding tert-OH is 5. The molecule has 0 saturated carbocycles. The summed E-state index contributed by atoms with van der Waals surface area (Å²) in [5.74, 6) is -3.47. The lowest BCUT2D eigenvalue weighted by atomic mass is 9.77. The second kappa shape index (κ2) is 15.2. The van der Waals surface area contributed by atoms with Crippen LogP contribution >= 0.6 is 0 Å². The van der Waals surface area contributed by atoms with Crippen molar-refractivity contribution in [3.8, 4) is 22.6 Å². The smallest absolute Gasteiger partial charge is 0.311 e. The number of anilines is 1. The summed E-state index contributed by atoms with van der Waals surface area (Å²) in [5, 5.41) is 61.2. The number of carbonyl (C=O) groups excluding carboxylic acids is 1. The molecule has 2 heterocycles. The molecule has 4 aromatic carbocycles. The Labute approximate surface area is 297 Å². The van der Waals surface area contributed by atoms with Gasteiger partial charge in [-0.25, -0.2) is 8.78 Å². The summed E-state index contributed by atoms with van der Waals surface area (Å²) in [6, 6.07) is 20.2. The van der Waals surface area contributed by atoms with Gasteiger partial charge >= 0.3 is 10.1 Å². The van der Waals surface area contributed by atoms with E-state index < -0.39 is 82.7 Å². The van der Waals surface area contributed by atoms with Crippen molar-refractivity contribution >= 4 is 21.7 Å². The summed E-state index contributed by atoms with van der Waals surface area (Å²) in [5.41, 5.74) is 2.00. The van der Waals surface area contributed by atoms with Gasteiger partial charge in [0.1, 0.15) is 59.4 Å². The molecule has 0 aliphatic carbocycles. The van der Waals surface area contributed by atoms with Gasteiger partial charge in [0.05, 0.1) is 24.7 Å². The maximum Gasteiger partial charge on any atom is 0.311 e. The molecule has 2 saturated heterocycles. The molecule has 6 rings (SSSR count). The van der Waals surface area contributed by atoms with E-state index in [1.54, 1.807) is 24.3 Å². The Morgan fingerprint density at radius 2 is 1.40 bits per heavy atom. The third-order valence-electron chi connectivity index (χ3n) is 9.43. The lowest BCUT2D eigenvalue weighted by Crippen LogP contribution is -2.60. The molecule has 6 N–H and O–H groups in total. The number of aliphatic hydroxyl groups is 5. The molecule has 0 radical (unpaired) electrons. The van der Waals surface area contributed by atoms with E-state index in [2.05, 4.69) is 0 Å². The highest BCUT2D eigenvalue weighted by molar-refractivity contribution is 7.87. The average Bonchev–Trinajstić information content (AvgIpc) is 3.12. The number of rotatable bonds is 12. The number of amides is 1. The Hall–Kier alpha value is -4.48. The zero-order chi connectivity index (χ0) is 37.3. The second-order valence-electron chi connectivity index (χ2n) is 12.9. The minimum absolute atomic E-state index is 0.00691. The lowest BCUT2D eigenvalue weighted by Gasteiger charge is -2.48. The summed E-state index contributed by atoms with van der Waals surface area (Å²) in [6.07, 6.45) is -9.22. The van der Waals surface area contributed by atoms with Gasteiger partial charge in [-0.2, -0.15) is 8.42 Å². The van der Waals surface area contributed by atoms with Gasteiger partial charge in [0.25, 0.3) is 0 Å². The van der Waals surface area contributed by atoms with Crippen molar-refractivity contribution in [2.45, 2.75) is 55.5 Å². The number of hydrogen-bond acceptors (Lipinski definition) is 11. The highest BCUT2D eigenvalue weighted by atomic mass is 32.2. The van der Waals surface area contributed by atoms with Crippen molar-refractivity contribution in [1.82, 2.24) is 0 Å². The fourth-order valence-electron chi connectivity index (χ4n) is 6.64. The number of hydrogen-bond donors (Lipinski definition) is 6. The monoisotopic (exact) mass is 741 g/mol. The zero-order valence-corrected chi connectivity index (χ0v) is 28.3. The molecule has 8 unspecified atom stereocenters. The topological polar surface area (TPSA) is 194 Å². The Morgan fingerprint density at radius 3 is 2.04 bits per heavy atom. The van der Waals surface area contributed by atoms with Gasteiger partial charge in [-0.3, -0.25) is 4.79 Å². The van der Waals surface area contributed by atoms with Crippen molar-refractivity contribution in [3.05, 3.63) is 114 Å². The SMILES string of the molecule is O=C1C(CCC(O)c2ccc(F)cc2)C(c2ccc(-c3ccc(O)cc3)cc2OS(=O)(=O)CC2OC(CO)C(O)C(O)C2O)N1c1ccc(F)cc1. The molecule has 15 heteroatoms. The molecular weight excluding hydrogens is 704 g/mol. The fraction of sp³-hybridized carbons (Fsp3) is 0.324. The standard InChI is InChI=1S/C37H37F2NO11S/c38-23-6-1-21(2-7-23)29(43)16-15-28-33(40(37(28)47)25-10-8-24(39)9-11-25)27-14-5-22(20-3-12-26(42)13-4-20)17-30(27)51-52(48,49)19-32-35(45)36(46)34(44)31(18-41)50-32/h1-14,17,28-29,31-36,41-46H,15-16,18-19H2. The highest BCUT2D eigenvalue weighted by Crippen LogP contribution is 2.49. The molecule has 2 fully saturated rings.